The van der Waals surface area contributed by atoms with Crippen molar-refractivity contribution in [3.63, 3.8) is 0 Å². The Kier molecular flexibility index (Phi) is 8.24. The van der Waals surface area contributed by atoms with Gasteiger partial charge >= 0.3 is 17.8 Å². The molecule has 3 rings (SSSR count). The topological polar surface area (TPSA) is 106 Å². The normalized spacial score (nSPS) is 10.6. The maximum Gasteiger partial charge on any atom is 0.345 e. The highest BCUT2D eigenvalue weighted by atomic mass is 35.5. The predicted molar refractivity (Wildman–Crippen MR) is 130 cm³/mol. The number of esters is 1. The molecule has 0 aliphatic heterocycles. The standard InChI is InChI=1S/C24H19Cl2N3O5/c1-14-7-9-16(12-19(14)26)28-22(30)23(31)29-27-13-15-8-10-20(21(11-15)33-2)34-24(32)17-5-3-4-6-18(17)25/h3-13H,1-2H3,(H,28,30)(H,29,31)/b27-13-. The second kappa shape index (κ2) is 11.3. The van der Waals surface area contributed by atoms with E-state index in [-0.39, 0.29) is 22.1 Å². The van der Waals surface area contributed by atoms with E-state index in [1.165, 1.54) is 25.5 Å². The van der Waals surface area contributed by atoms with Gasteiger partial charge in [0.1, 0.15) is 0 Å². The molecule has 0 fully saturated rings. The number of aryl methyl sites for hydroxylation is 1. The smallest absolute Gasteiger partial charge is 0.345 e. The lowest BCUT2D eigenvalue weighted by atomic mass is 10.2. The van der Waals surface area contributed by atoms with Crippen LogP contribution in [-0.2, 0) is 9.59 Å². The zero-order valence-corrected chi connectivity index (χ0v) is 19.6. The van der Waals surface area contributed by atoms with Gasteiger partial charge in [-0.1, -0.05) is 41.4 Å². The first-order valence-electron chi connectivity index (χ1n) is 9.83. The molecule has 3 aromatic rings. The molecule has 0 bridgehead atoms. The van der Waals surface area contributed by atoms with Crippen LogP contribution in [0.4, 0.5) is 5.69 Å². The number of carbonyl (C=O) groups excluding carboxylic acids is 3. The minimum Gasteiger partial charge on any atom is -0.493 e. The van der Waals surface area contributed by atoms with Crippen molar-refractivity contribution in [2.45, 2.75) is 6.92 Å². The van der Waals surface area contributed by atoms with Gasteiger partial charge in [-0.25, -0.2) is 10.2 Å². The van der Waals surface area contributed by atoms with Crippen molar-refractivity contribution in [2.75, 3.05) is 12.4 Å². The van der Waals surface area contributed by atoms with Crippen molar-refractivity contribution in [3.8, 4) is 11.5 Å². The number of methoxy groups -OCH3 is 1. The van der Waals surface area contributed by atoms with E-state index in [4.69, 9.17) is 32.7 Å². The van der Waals surface area contributed by atoms with Crippen LogP contribution < -0.4 is 20.2 Å². The lowest BCUT2D eigenvalue weighted by Crippen LogP contribution is -2.32. The molecule has 174 valence electrons. The fourth-order valence-electron chi connectivity index (χ4n) is 2.71. The number of hydrogen-bond acceptors (Lipinski definition) is 6. The quantitative estimate of drug-likeness (QED) is 0.169. The van der Waals surface area contributed by atoms with E-state index in [1.54, 1.807) is 48.5 Å². The summed E-state index contributed by atoms with van der Waals surface area (Å²) < 4.78 is 10.6. The van der Waals surface area contributed by atoms with Crippen molar-refractivity contribution in [1.29, 1.82) is 0 Å². The van der Waals surface area contributed by atoms with Gasteiger partial charge in [0, 0.05) is 10.7 Å². The molecule has 0 heterocycles. The zero-order valence-electron chi connectivity index (χ0n) is 18.1. The summed E-state index contributed by atoms with van der Waals surface area (Å²) >= 11 is 12.0. The SMILES string of the molecule is COc1cc(/C=N\NC(=O)C(=O)Nc2ccc(C)c(Cl)c2)ccc1OC(=O)c1ccccc1Cl. The van der Waals surface area contributed by atoms with Gasteiger partial charge in [-0.2, -0.15) is 5.10 Å². The van der Waals surface area contributed by atoms with Crippen LogP contribution in [0.5, 0.6) is 11.5 Å². The van der Waals surface area contributed by atoms with Crippen LogP contribution in [0, 0.1) is 6.92 Å². The van der Waals surface area contributed by atoms with Crippen molar-refractivity contribution in [2.24, 2.45) is 5.10 Å². The summed E-state index contributed by atoms with van der Waals surface area (Å²) in [4.78, 5) is 36.4. The van der Waals surface area contributed by atoms with Gasteiger partial charge in [-0.3, -0.25) is 9.59 Å². The van der Waals surface area contributed by atoms with Crippen LogP contribution in [0.25, 0.3) is 0 Å². The van der Waals surface area contributed by atoms with E-state index in [0.717, 1.165) is 5.56 Å². The van der Waals surface area contributed by atoms with Crippen LogP contribution in [0.1, 0.15) is 21.5 Å². The van der Waals surface area contributed by atoms with Gasteiger partial charge in [0.05, 0.1) is 23.9 Å². The van der Waals surface area contributed by atoms with Crippen molar-refractivity contribution in [1.82, 2.24) is 5.43 Å². The fourth-order valence-corrected chi connectivity index (χ4v) is 3.10. The Bertz CT molecular complexity index is 1280. The van der Waals surface area contributed by atoms with E-state index in [0.29, 0.717) is 16.3 Å². The molecule has 0 unspecified atom stereocenters. The summed E-state index contributed by atoms with van der Waals surface area (Å²) in [5, 5.41) is 6.93. The minimum atomic E-state index is -0.967. The molecular weight excluding hydrogens is 481 g/mol. The average molecular weight is 500 g/mol. The maximum atomic E-state index is 12.4. The molecule has 0 saturated carbocycles. The van der Waals surface area contributed by atoms with Crippen LogP contribution in [-0.4, -0.2) is 31.1 Å². The summed E-state index contributed by atoms with van der Waals surface area (Å²) in [5.74, 6) is -2.09. The first kappa shape index (κ1) is 24.8. The Morgan fingerprint density at radius 3 is 2.38 bits per heavy atom. The van der Waals surface area contributed by atoms with E-state index in [1.807, 2.05) is 6.92 Å². The van der Waals surface area contributed by atoms with Gasteiger partial charge in [0.15, 0.2) is 11.5 Å². The van der Waals surface area contributed by atoms with Crippen LogP contribution in [0.15, 0.2) is 65.8 Å². The molecule has 8 nitrogen and oxygen atoms in total. The summed E-state index contributed by atoms with van der Waals surface area (Å²) in [6.45, 7) is 1.82. The van der Waals surface area contributed by atoms with Crippen molar-refractivity contribution >= 4 is 52.9 Å². The summed E-state index contributed by atoms with van der Waals surface area (Å²) in [5.41, 5.74) is 4.08. The first-order valence-corrected chi connectivity index (χ1v) is 10.6. The number of anilines is 1. The van der Waals surface area contributed by atoms with Gasteiger partial charge < -0.3 is 14.8 Å². The minimum absolute atomic E-state index is 0.171. The second-order valence-electron chi connectivity index (χ2n) is 6.90. The Balaban J connectivity index is 1.61. The van der Waals surface area contributed by atoms with E-state index < -0.39 is 17.8 Å². The number of amides is 2. The van der Waals surface area contributed by atoms with Gasteiger partial charge in [0.25, 0.3) is 0 Å². The number of nitrogens with zero attached hydrogens (tertiary/aromatic N) is 1. The number of rotatable bonds is 6. The predicted octanol–water partition coefficient (Wildman–Crippen LogP) is 4.62. The molecule has 2 amide bonds. The third-order valence-electron chi connectivity index (χ3n) is 4.50. The Hall–Kier alpha value is -3.88. The molecule has 0 saturated heterocycles. The Labute approximate surface area is 205 Å². The molecule has 0 radical (unpaired) electrons. The number of hydrogen-bond donors (Lipinski definition) is 2. The van der Waals surface area contributed by atoms with E-state index >= 15 is 0 Å². The molecule has 34 heavy (non-hydrogen) atoms. The first-order chi connectivity index (χ1) is 16.3. The molecule has 10 heteroatoms. The highest BCUT2D eigenvalue weighted by Gasteiger charge is 2.16. The highest BCUT2D eigenvalue weighted by Crippen LogP contribution is 2.29. The number of benzene rings is 3. The molecule has 3 aromatic carbocycles. The summed E-state index contributed by atoms with van der Waals surface area (Å²) in [6.07, 6.45) is 1.30. The van der Waals surface area contributed by atoms with Crippen LogP contribution in [0.2, 0.25) is 10.0 Å². The Morgan fingerprint density at radius 2 is 1.68 bits per heavy atom. The molecule has 2 N–H and O–H groups in total. The van der Waals surface area contributed by atoms with Gasteiger partial charge in [-0.05, 0) is 60.5 Å². The zero-order chi connectivity index (χ0) is 24.7. The van der Waals surface area contributed by atoms with E-state index in [9.17, 15) is 14.4 Å². The summed E-state index contributed by atoms with van der Waals surface area (Å²) in [6, 6.07) is 16.0. The number of hydrazone groups is 1. The average Bonchev–Trinajstić information content (AvgIpc) is 2.82. The number of halogens is 2. The van der Waals surface area contributed by atoms with Crippen LogP contribution >= 0.6 is 23.2 Å². The number of ether oxygens (including phenoxy) is 2. The third kappa shape index (κ3) is 6.34. The maximum absolute atomic E-state index is 12.4. The largest absolute Gasteiger partial charge is 0.493 e. The van der Waals surface area contributed by atoms with Crippen LogP contribution in [0.3, 0.4) is 0 Å². The molecule has 0 aliphatic rings. The van der Waals surface area contributed by atoms with Gasteiger partial charge in [-0.15, -0.1) is 0 Å². The number of nitrogens with one attached hydrogen (secondary N) is 2. The van der Waals surface area contributed by atoms with Crippen molar-refractivity contribution < 1.29 is 23.9 Å². The molecule has 0 aliphatic carbocycles. The van der Waals surface area contributed by atoms with Gasteiger partial charge in [0.2, 0.25) is 0 Å². The number of carbonyl (C=O) groups is 3. The second-order valence-corrected chi connectivity index (χ2v) is 7.71. The lowest BCUT2D eigenvalue weighted by molar-refractivity contribution is -0.136. The Morgan fingerprint density at radius 1 is 0.912 bits per heavy atom. The highest BCUT2D eigenvalue weighted by molar-refractivity contribution is 6.40. The molecular formula is C24H19Cl2N3O5. The molecule has 0 aromatic heterocycles. The van der Waals surface area contributed by atoms with E-state index in [2.05, 4.69) is 15.8 Å². The lowest BCUT2D eigenvalue weighted by Gasteiger charge is -2.10. The molecule has 0 spiro atoms. The fraction of sp³-hybridized carbons (Fsp3) is 0.0833. The third-order valence-corrected chi connectivity index (χ3v) is 5.24. The monoisotopic (exact) mass is 499 g/mol. The molecule has 0 atom stereocenters. The van der Waals surface area contributed by atoms with Crippen molar-refractivity contribution in [3.05, 3.63) is 87.4 Å². The summed E-state index contributed by atoms with van der Waals surface area (Å²) in [7, 11) is 1.41.